The lowest BCUT2D eigenvalue weighted by Crippen LogP contribution is -2.27. The van der Waals surface area contributed by atoms with Gasteiger partial charge in [-0.3, -0.25) is 0 Å². The number of hydrogen-bond donors (Lipinski definition) is 1. The lowest BCUT2D eigenvalue weighted by molar-refractivity contribution is 0.251. The molecular formula is C14H14FN3O. The molecule has 1 aromatic carbocycles. The predicted octanol–water partition coefficient (Wildman–Crippen LogP) is 2.23. The molecule has 0 spiro atoms. The van der Waals surface area contributed by atoms with Crippen LogP contribution in [-0.2, 0) is 6.54 Å². The molecule has 2 heterocycles. The van der Waals surface area contributed by atoms with Crippen molar-refractivity contribution in [2.24, 2.45) is 0 Å². The highest BCUT2D eigenvalue weighted by Gasteiger charge is 2.21. The minimum absolute atomic E-state index is 0.0969. The van der Waals surface area contributed by atoms with Gasteiger partial charge in [-0.05, 0) is 18.2 Å². The van der Waals surface area contributed by atoms with Crippen molar-refractivity contribution in [3.05, 3.63) is 53.9 Å². The molecule has 0 saturated heterocycles. The van der Waals surface area contributed by atoms with E-state index < -0.39 is 0 Å². The zero-order chi connectivity index (χ0) is 13.1. The first-order valence-corrected chi connectivity index (χ1v) is 6.22. The quantitative estimate of drug-likeness (QED) is 0.918. The number of fused-ring (bicyclic) bond motifs is 1. The number of nitrogens with zero attached hydrogens (tertiary/aromatic N) is 2. The van der Waals surface area contributed by atoms with Gasteiger partial charge in [0.05, 0.1) is 6.61 Å². The SMILES string of the molecule is Fc1ccc2c(c1)[C@H](NCc1cncnc1)CCO2. The molecule has 1 aromatic heterocycles. The van der Waals surface area contributed by atoms with Gasteiger partial charge in [0, 0.05) is 42.5 Å². The van der Waals surface area contributed by atoms with Crippen LogP contribution in [0.1, 0.15) is 23.6 Å². The van der Waals surface area contributed by atoms with Gasteiger partial charge < -0.3 is 10.1 Å². The fourth-order valence-corrected chi connectivity index (χ4v) is 2.24. The maximum absolute atomic E-state index is 13.3. The van der Waals surface area contributed by atoms with Crippen molar-refractivity contribution < 1.29 is 9.13 Å². The Kier molecular flexibility index (Phi) is 3.37. The van der Waals surface area contributed by atoms with E-state index >= 15 is 0 Å². The van der Waals surface area contributed by atoms with E-state index in [1.165, 1.54) is 18.5 Å². The van der Waals surface area contributed by atoms with Crippen LogP contribution in [0.5, 0.6) is 5.75 Å². The third-order valence-electron chi connectivity index (χ3n) is 3.18. The minimum atomic E-state index is -0.237. The fourth-order valence-electron chi connectivity index (χ4n) is 2.24. The molecule has 3 rings (SSSR count). The normalized spacial score (nSPS) is 17.6. The highest BCUT2D eigenvalue weighted by Crippen LogP contribution is 2.32. The summed E-state index contributed by atoms with van der Waals surface area (Å²) in [6, 6.07) is 4.74. The Morgan fingerprint density at radius 1 is 1.32 bits per heavy atom. The predicted molar refractivity (Wildman–Crippen MR) is 68.1 cm³/mol. The maximum Gasteiger partial charge on any atom is 0.124 e. The molecule has 1 N–H and O–H groups in total. The van der Waals surface area contributed by atoms with Crippen LogP contribution >= 0.6 is 0 Å². The average molecular weight is 259 g/mol. The first-order valence-electron chi connectivity index (χ1n) is 6.22. The van der Waals surface area contributed by atoms with E-state index in [0.29, 0.717) is 13.2 Å². The molecule has 2 aromatic rings. The van der Waals surface area contributed by atoms with Crippen molar-refractivity contribution in [1.29, 1.82) is 0 Å². The van der Waals surface area contributed by atoms with Gasteiger partial charge in [-0.2, -0.15) is 0 Å². The molecule has 5 heteroatoms. The second-order valence-electron chi connectivity index (χ2n) is 4.50. The van der Waals surface area contributed by atoms with E-state index in [4.69, 9.17) is 4.74 Å². The molecule has 0 radical (unpaired) electrons. The topological polar surface area (TPSA) is 47.0 Å². The summed E-state index contributed by atoms with van der Waals surface area (Å²) in [5.74, 6) is 0.522. The van der Waals surface area contributed by atoms with Crippen molar-refractivity contribution in [3.63, 3.8) is 0 Å². The van der Waals surface area contributed by atoms with E-state index in [0.717, 1.165) is 23.3 Å². The summed E-state index contributed by atoms with van der Waals surface area (Å²) in [5.41, 5.74) is 1.88. The van der Waals surface area contributed by atoms with E-state index in [-0.39, 0.29) is 11.9 Å². The van der Waals surface area contributed by atoms with Crippen molar-refractivity contribution in [2.75, 3.05) is 6.61 Å². The van der Waals surface area contributed by atoms with Crippen LogP contribution < -0.4 is 10.1 Å². The average Bonchev–Trinajstić information content (AvgIpc) is 2.46. The van der Waals surface area contributed by atoms with Crippen LogP contribution in [0.25, 0.3) is 0 Å². The Morgan fingerprint density at radius 2 is 2.16 bits per heavy atom. The number of rotatable bonds is 3. The van der Waals surface area contributed by atoms with Crippen molar-refractivity contribution in [2.45, 2.75) is 19.0 Å². The lowest BCUT2D eigenvalue weighted by Gasteiger charge is -2.26. The Bertz CT molecular complexity index is 562. The van der Waals surface area contributed by atoms with Gasteiger partial charge in [-0.1, -0.05) is 0 Å². The molecule has 0 aliphatic carbocycles. The summed E-state index contributed by atoms with van der Waals surface area (Å²) in [4.78, 5) is 7.94. The van der Waals surface area contributed by atoms with Crippen molar-refractivity contribution in [1.82, 2.24) is 15.3 Å². The van der Waals surface area contributed by atoms with E-state index in [1.54, 1.807) is 18.5 Å². The highest BCUT2D eigenvalue weighted by atomic mass is 19.1. The minimum Gasteiger partial charge on any atom is -0.493 e. The van der Waals surface area contributed by atoms with Crippen LogP contribution in [0.3, 0.4) is 0 Å². The molecule has 1 aliphatic rings. The van der Waals surface area contributed by atoms with Crippen LogP contribution in [0.4, 0.5) is 4.39 Å². The van der Waals surface area contributed by atoms with E-state index in [1.807, 2.05) is 0 Å². The standard InChI is InChI=1S/C14H14FN3O/c15-11-1-2-14-12(5-11)13(3-4-19-14)18-8-10-6-16-9-17-7-10/h1-2,5-7,9,13,18H,3-4,8H2/t13-/m1/s1. The van der Waals surface area contributed by atoms with Gasteiger partial charge >= 0.3 is 0 Å². The molecule has 0 amide bonds. The summed E-state index contributed by atoms with van der Waals surface area (Å²) >= 11 is 0. The highest BCUT2D eigenvalue weighted by molar-refractivity contribution is 5.38. The number of hydrogen-bond acceptors (Lipinski definition) is 4. The van der Waals surface area contributed by atoms with E-state index in [9.17, 15) is 4.39 Å². The molecule has 1 aliphatic heterocycles. The van der Waals surface area contributed by atoms with Crippen LogP contribution in [0.15, 0.2) is 36.9 Å². The summed E-state index contributed by atoms with van der Waals surface area (Å²) in [6.45, 7) is 1.29. The van der Waals surface area contributed by atoms with Crippen molar-refractivity contribution in [3.8, 4) is 5.75 Å². The molecule has 0 fully saturated rings. The Hall–Kier alpha value is -2.01. The first-order chi connectivity index (χ1) is 9.33. The zero-order valence-electron chi connectivity index (χ0n) is 10.3. The number of aromatic nitrogens is 2. The molecule has 0 saturated carbocycles. The molecule has 19 heavy (non-hydrogen) atoms. The first kappa shape index (κ1) is 12.0. The number of nitrogens with one attached hydrogen (secondary N) is 1. The number of ether oxygens (including phenoxy) is 1. The van der Waals surface area contributed by atoms with Crippen molar-refractivity contribution >= 4 is 0 Å². The van der Waals surface area contributed by atoms with Gasteiger partial charge in [0.2, 0.25) is 0 Å². The van der Waals surface area contributed by atoms with Gasteiger partial charge in [-0.25, -0.2) is 14.4 Å². The monoisotopic (exact) mass is 259 g/mol. The fraction of sp³-hybridized carbons (Fsp3) is 0.286. The van der Waals surface area contributed by atoms with Gasteiger partial charge in [0.1, 0.15) is 17.9 Å². The maximum atomic E-state index is 13.3. The van der Waals surface area contributed by atoms with Gasteiger partial charge in [0.25, 0.3) is 0 Å². The number of halogens is 1. The molecule has 4 nitrogen and oxygen atoms in total. The number of benzene rings is 1. The Balaban J connectivity index is 1.75. The van der Waals surface area contributed by atoms with Crippen LogP contribution in [0, 0.1) is 5.82 Å². The second-order valence-corrected chi connectivity index (χ2v) is 4.50. The van der Waals surface area contributed by atoms with Crippen LogP contribution in [-0.4, -0.2) is 16.6 Å². The summed E-state index contributed by atoms with van der Waals surface area (Å²) in [6.07, 6.45) is 5.87. The van der Waals surface area contributed by atoms with Crippen LogP contribution in [0.2, 0.25) is 0 Å². The van der Waals surface area contributed by atoms with E-state index in [2.05, 4.69) is 15.3 Å². The Labute approximate surface area is 110 Å². The second kappa shape index (κ2) is 5.32. The zero-order valence-corrected chi connectivity index (χ0v) is 10.3. The molecule has 0 bridgehead atoms. The molecule has 1 atom stereocenters. The van der Waals surface area contributed by atoms with Gasteiger partial charge in [-0.15, -0.1) is 0 Å². The molecule has 0 unspecified atom stereocenters. The summed E-state index contributed by atoms with van der Waals surface area (Å²) in [5, 5.41) is 3.39. The Morgan fingerprint density at radius 3 is 3.00 bits per heavy atom. The largest absolute Gasteiger partial charge is 0.493 e. The molecule has 98 valence electrons. The third-order valence-corrected chi connectivity index (χ3v) is 3.18. The summed E-state index contributed by atoms with van der Waals surface area (Å²) < 4.78 is 18.9. The smallest absolute Gasteiger partial charge is 0.124 e. The lowest BCUT2D eigenvalue weighted by atomic mass is 10.00. The third kappa shape index (κ3) is 2.71. The molecular weight excluding hydrogens is 245 g/mol. The summed E-state index contributed by atoms with van der Waals surface area (Å²) in [7, 11) is 0. The van der Waals surface area contributed by atoms with Gasteiger partial charge in [0.15, 0.2) is 0 Å².